The predicted octanol–water partition coefficient (Wildman–Crippen LogP) is 2.39. The van der Waals surface area contributed by atoms with Gasteiger partial charge in [-0.25, -0.2) is 0 Å². The molecule has 2 atom stereocenters. The number of carbonyl (C=O) groups is 1. The minimum Gasteiger partial charge on any atom is -0.341 e. The number of carbonyl (C=O) groups excluding carboxylic acids is 1. The van der Waals surface area contributed by atoms with E-state index in [9.17, 15) is 18.0 Å². The van der Waals surface area contributed by atoms with Crippen LogP contribution in [0.15, 0.2) is 12.3 Å². The zero-order chi connectivity index (χ0) is 17.2. The molecule has 1 aromatic heterocycles. The molecule has 0 bridgehead atoms. The molecule has 1 amide bonds. The van der Waals surface area contributed by atoms with Crippen LogP contribution in [0.1, 0.15) is 37.3 Å². The van der Waals surface area contributed by atoms with Crippen LogP contribution < -0.4 is 0 Å². The van der Waals surface area contributed by atoms with E-state index in [0.717, 1.165) is 31.6 Å². The fraction of sp³-hybridized carbons (Fsp3) is 0.750. The Morgan fingerprint density at radius 2 is 2.04 bits per heavy atom. The quantitative estimate of drug-likeness (QED) is 0.916. The molecule has 1 aromatic rings. The molecule has 134 valence electrons. The largest absolute Gasteiger partial charge is 0.393 e. The van der Waals surface area contributed by atoms with Gasteiger partial charge in [0.25, 0.3) is 0 Å². The summed E-state index contributed by atoms with van der Waals surface area (Å²) in [6.07, 6.45) is 0.0562. The van der Waals surface area contributed by atoms with Crippen LogP contribution in [-0.2, 0) is 4.79 Å². The Morgan fingerprint density at radius 3 is 2.75 bits per heavy atom. The highest BCUT2D eigenvalue weighted by atomic mass is 19.4. The van der Waals surface area contributed by atoms with Gasteiger partial charge in [-0.05, 0) is 38.3 Å². The zero-order valence-electron chi connectivity index (χ0n) is 13.6. The Bertz CT molecular complexity index is 546. The number of hydrogen-bond donors (Lipinski definition) is 1. The van der Waals surface area contributed by atoms with Crippen molar-refractivity contribution in [3.05, 3.63) is 18.0 Å². The van der Waals surface area contributed by atoms with E-state index >= 15 is 0 Å². The third-order valence-electron chi connectivity index (χ3n) is 5.06. The summed E-state index contributed by atoms with van der Waals surface area (Å²) in [6.45, 7) is 2.00. The molecule has 5 nitrogen and oxygen atoms in total. The fourth-order valence-electron chi connectivity index (χ4n) is 3.71. The second-order valence-corrected chi connectivity index (χ2v) is 6.81. The van der Waals surface area contributed by atoms with Gasteiger partial charge < -0.3 is 4.90 Å². The number of nitrogens with one attached hydrogen (secondary N) is 1. The summed E-state index contributed by atoms with van der Waals surface area (Å²) in [7, 11) is 0. The molecule has 24 heavy (non-hydrogen) atoms. The summed E-state index contributed by atoms with van der Waals surface area (Å²) in [6, 6.07) is 1.94. The Kier molecular flexibility index (Phi) is 5.12. The maximum absolute atomic E-state index is 12.9. The summed E-state index contributed by atoms with van der Waals surface area (Å²) in [5.41, 5.74) is 1.06. The normalized spacial score (nSPS) is 26.5. The zero-order valence-corrected chi connectivity index (χ0v) is 13.6. The maximum atomic E-state index is 12.9. The number of hydrogen-bond acceptors (Lipinski definition) is 3. The van der Waals surface area contributed by atoms with Gasteiger partial charge in [0.2, 0.25) is 5.91 Å². The Labute approximate surface area is 139 Å². The number of aromatic amines is 1. The van der Waals surface area contributed by atoms with Gasteiger partial charge in [-0.15, -0.1) is 0 Å². The number of nitrogens with zero attached hydrogens (tertiary/aromatic N) is 3. The van der Waals surface area contributed by atoms with Gasteiger partial charge in [0.1, 0.15) is 0 Å². The number of aromatic nitrogens is 2. The van der Waals surface area contributed by atoms with Crippen molar-refractivity contribution in [2.45, 2.75) is 37.8 Å². The lowest BCUT2D eigenvalue weighted by Crippen LogP contribution is -2.49. The maximum Gasteiger partial charge on any atom is 0.393 e. The predicted molar refractivity (Wildman–Crippen MR) is 82.4 cm³/mol. The minimum atomic E-state index is -4.21. The first-order valence-electron chi connectivity index (χ1n) is 8.49. The van der Waals surface area contributed by atoms with E-state index in [1.165, 1.54) is 4.90 Å². The second kappa shape index (κ2) is 7.13. The molecule has 2 aliphatic heterocycles. The number of halogens is 3. The van der Waals surface area contributed by atoms with E-state index in [0.29, 0.717) is 18.9 Å². The molecule has 0 unspecified atom stereocenters. The minimum absolute atomic E-state index is 0.124. The molecule has 0 radical (unpaired) electrons. The first kappa shape index (κ1) is 17.3. The van der Waals surface area contributed by atoms with Crippen molar-refractivity contribution < 1.29 is 18.0 Å². The van der Waals surface area contributed by atoms with Crippen LogP contribution in [0, 0.1) is 5.92 Å². The van der Waals surface area contributed by atoms with E-state index in [1.54, 1.807) is 6.20 Å². The summed E-state index contributed by atoms with van der Waals surface area (Å²) >= 11 is 0. The fourth-order valence-corrected chi connectivity index (χ4v) is 3.71. The number of likely N-dealkylation sites (tertiary alicyclic amines) is 2. The summed E-state index contributed by atoms with van der Waals surface area (Å²) < 4.78 is 38.7. The number of rotatable bonds is 3. The Morgan fingerprint density at radius 1 is 1.25 bits per heavy atom. The molecule has 2 saturated heterocycles. The van der Waals surface area contributed by atoms with Gasteiger partial charge in [-0.3, -0.25) is 14.8 Å². The van der Waals surface area contributed by atoms with Gasteiger partial charge in [-0.2, -0.15) is 18.3 Å². The average molecular weight is 344 g/mol. The van der Waals surface area contributed by atoms with Gasteiger partial charge in [0.05, 0.1) is 12.5 Å². The van der Waals surface area contributed by atoms with Gasteiger partial charge in [0, 0.05) is 37.4 Å². The third kappa shape index (κ3) is 4.09. The molecule has 2 aliphatic rings. The van der Waals surface area contributed by atoms with E-state index < -0.39 is 12.1 Å². The first-order chi connectivity index (χ1) is 11.4. The van der Waals surface area contributed by atoms with E-state index in [2.05, 4.69) is 15.1 Å². The van der Waals surface area contributed by atoms with Crippen LogP contribution in [0.25, 0.3) is 0 Å². The first-order valence-corrected chi connectivity index (χ1v) is 8.49. The molecule has 0 spiro atoms. The molecule has 2 fully saturated rings. The number of alkyl halides is 3. The molecule has 0 saturated carbocycles. The molecular weight excluding hydrogens is 321 g/mol. The smallest absolute Gasteiger partial charge is 0.341 e. The van der Waals surface area contributed by atoms with Crippen LogP contribution in [-0.4, -0.2) is 64.8 Å². The molecule has 3 rings (SSSR count). The van der Waals surface area contributed by atoms with Crippen LogP contribution in [0.2, 0.25) is 0 Å². The number of H-pyrrole nitrogens is 1. The van der Waals surface area contributed by atoms with Crippen molar-refractivity contribution in [2.24, 2.45) is 5.92 Å². The Hall–Kier alpha value is -1.57. The van der Waals surface area contributed by atoms with Crippen LogP contribution in [0.3, 0.4) is 0 Å². The summed E-state index contributed by atoms with van der Waals surface area (Å²) in [4.78, 5) is 15.9. The molecule has 0 aliphatic carbocycles. The van der Waals surface area contributed by atoms with E-state index in [-0.39, 0.29) is 25.4 Å². The molecular formula is C16H23F3N4O. The van der Waals surface area contributed by atoms with Gasteiger partial charge in [-0.1, -0.05) is 0 Å². The summed E-state index contributed by atoms with van der Waals surface area (Å²) in [5, 5.41) is 6.93. The van der Waals surface area contributed by atoms with E-state index in [1.807, 2.05) is 6.07 Å². The van der Waals surface area contributed by atoms with Gasteiger partial charge in [0.15, 0.2) is 0 Å². The SMILES string of the molecule is O=C(CN1CCC[C@@H](c2ccn[nH]2)C1)N1CCC[C@H](C(F)(F)F)C1. The number of piperidine rings is 2. The van der Waals surface area contributed by atoms with Crippen molar-refractivity contribution in [1.82, 2.24) is 20.0 Å². The van der Waals surface area contributed by atoms with Crippen molar-refractivity contribution >= 4 is 5.91 Å². The average Bonchev–Trinajstić information content (AvgIpc) is 3.09. The number of amides is 1. The lowest BCUT2D eigenvalue weighted by atomic mass is 9.94. The lowest BCUT2D eigenvalue weighted by molar-refractivity contribution is -0.188. The molecule has 3 heterocycles. The lowest BCUT2D eigenvalue weighted by Gasteiger charge is -2.36. The molecule has 0 aromatic carbocycles. The van der Waals surface area contributed by atoms with Crippen LogP contribution in [0.5, 0.6) is 0 Å². The molecule has 8 heteroatoms. The van der Waals surface area contributed by atoms with Gasteiger partial charge >= 0.3 is 6.18 Å². The highest BCUT2D eigenvalue weighted by Crippen LogP contribution is 2.33. The van der Waals surface area contributed by atoms with Crippen LogP contribution >= 0.6 is 0 Å². The topological polar surface area (TPSA) is 52.2 Å². The second-order valence-electron chi connectivity index (χ2n) is 6.81. The van der Waals surface area contributed by atoms with Crippen molar-refractivity contribution in [3.63, 3.8) is 0 Å². The highest BCUT2D eigenvalue weighted by molar-refractivity contribution is 5.78. The monoisotopic (exact) mass is 344 g/mol. The summed E-state index contributed by atoms with van der Waals surface area (Å²) in [5.74, 6) is -1.26. The molecule has 1 N–H and O–H groups in total. The van der Waals surface area contributed by atoms with E-state index in [4.69, 9.17) is 0 Å². The van der Waals surface area contributed by atoms with Crippen LogP contribution in [0.4, 0.5) is 13.2 Å². The standard InChI is InChI=1S/C16H23F3N4O/c17-16(18,19)13-4-2-8-23(10-13)15(24)11-22-7-1-3-12(9-22)14-5-6-20-21-14/h5-6,12-13H,1-4,7-11H2,(H,20,21)/t12-,13+/m1/s1. The third-order valence-corrected chi connectivity index (χ3v) is 5.06. The highest BCUT2D eigenvalue weighted by Gasteiger charge is 2.42. The Balaban J connectivity index is 1.54. The van der Waals surface area contributed by atoms with Crippen molar-refractivity contribution in [1.29, 1.82) is 0 Å². The van der Waals surface area contributed by atoms with Crippen molar-refractivity contribution in [3.8, 4) is 0 Å². The van der Waals surface area contributed by atoms with Crippen molar-refractivity contribution in [2.75, 3.05) is 32.7 Å².